The molecule has 0 unspecified atom stereocenters. The molecule has 0 amide bonds. The summed E-state index contributed by atoms with van der Waals surface area (Å²) in [6, 6.07) is 6.87. The number of benzene rings is 1. The maximum atomic E-state index is 8.62. The fourth-order valence-electron chi connectivity index (χ4n) is 0.857. The quantitative estimate of drug-likeness (QED) is 0.794. The van der Waals surface area contributed by atoms with Crippen molar-refractivity contribution in [1.29, 1.82) is 5.26 Å². The number of hydrogen-bond acceptors (Lipinski definition) is 2. The number of nitriles is 1. The van der Waals surface area contributed by atoms with Gasteiger partial charge in [0.25, 0.3) is 0 Å². The smallest absolute Gasteiger partial charge is 0.121 e. The van der Waals surface area contributed by atoms with E-state index in [0.717, 1.165) is 0 Å². The highest BCUT2D eigenvalue weighted by Crippen LogP contribution is 2.21. The van der Waals surface area contributed by atoms with Gasteiger partial charge in [-0.05, 0) is 18.2 Å². The van der Waals surface area contributed by atoms with Gasteiger partial charge < -0.3 is 4.74 Å². The first-order valence-corrected chi connectivity index (χ1v) is 4.67. The molecule has 0 atom stereocenters. The highest BCUT2D eigenvalue weighted by atomic mass is 35.5. The Hall–Kier alpha value is -1.17. The molecular weight excluding hydrogens is 221 g/mol. The summed E-state index contributed by atoms with van der Waals surface area (Å²) in [6.07, 6.45) is 1.66. The van der Waals surface area contributed by atoms with E-state index in [2.05, 4.69) is 0 Å². The van der Waals surface area contributed by atoms with Gasteiger partial charge in [-0.15, -0.1) is 0 Å². The topological polar surface area (TPSA) is 33.0 Å². The Balaban J connectivity index is 2.72. The molecule has 0 bridgehead atoms. The fraction of sp³-hybridized carbons (Fsp3) is 0.100. The molecule has 0 radical (unpaired) electrons. The lowest BCUT2D eigenvalue weighted by molar-refractivity contribution is 0.363. The van der Waals surface area contributed by atoms with Crippen molar-refractivity contribution in [3.63, 3.8) is 0 Å². The van der Waals surface area contributed by atoms with Crippen LogP contribution in [0.15, 0.2) is 29.8 Å². The van der Waals surface area contributed by atoms with E-state index >= 15 is 0 Å². The standard InChI is InChI=1S/C10H7Cl2NO/c11-4-1-5-14-9-3-2-8(7-13)10(12)6-9/h1-4,6H,5H2/b4-1+. The molecule has 0 spiro atoms. The van der Waals surface area contributed by atoms with Crippen LogP contribution in [0.4, 0.5) is 0 Å². The molecule has 0 aliphatic carbocycles. The first kappa shape index (κ1) is 10.9. The van der Waals surface area contributed by atoms with Gasteiger partial charge in [-0.3, -0.25) is 0 Å². The van der Waals surface area contributed by atoms with Crippen LogP contribution in [0, 0.1) is 11.3 Å². The minimum absolute atomic E-state index is 0.381. The second-order valence-corrected chi connectivity index (χ2v) is 3.09. The van der Waals surface area contributed by atoms with Gasteiger partial charge in [0.2, 0.25) is 0 Å². The second kappa shape index (κ2) is 5.54. The molecule has 0 aliphatic heterocycles. The molecule has 14 heavy (non-hydrogen) atoms. The van der Waals surface area contributed by atoms with Crippen LogP contribution in [0.3, 0.4) is 0 Å². The van der Waals surface area contributed by atoms with Crippen LogP contribution in [-0.4, -0.2) is 6.61 Å². The van der Waals surface area contributed by atoms with Gasteiger partial charge in [-0.25, -0.2) is 0 Å². The Labute approximate surface area is 92.3 Å². The molecule has 1 rings (SSSR count). The van der Waals surface area contributed by atoms with Crippen molar-refractivity contribution in [3.05, 3.63) is 40.4 Å². The molecule has 0 fully saturated rings. The summed E-state index contributed by atoms with van der Waals surface area (Å²) in [5.41, 5.74) is 1.82. The summed E-state index contributed by atoms with van der Waals surface area (Å²) in [5, 5.41) is 9.01. The monoisotopic (exact) mass is 227 g/mol. The SMILES string of the molecule is N#Cc1ccc(OC/C=C/Cl)cc1Cl. The van der Waals surface area contributed by atoms with Crippen molar-refractivity contribution in [2.75, 3.05) is 6.61 Å². The zero-order valence-electron chi connectivity index (χ0n) is 7.21. The van der Waals surface area contributed by atoms with E-state index in [1.165, 1.54) is 5.54 Å². The predicted molar refractivity (Wildman–Crippen MR) is 56.7 cm³/mol. The Morgan fingerprint density at radius 3 is 2.86 bits per heavy atom. The predicted octanol–water partition coefficient (Wildman–Crippen LogP) is 3.34. The number of ether oxygens (including phenoxy) is 1. The molecule has 0 heterocycles. The normalized spacial score (nSPS) is 10.1. The molecule has 1 aromatic rings. The third-order valence-electron chi connectivity index (χ3n) is 1.50. The Morgan fingerprint density at radius 2 is 2.29 bits per heavy atom. The van der Waals surface area contributed by atoms with Crippen LogP contribution in [0.1, 0.15) is 5.56 Å². The van der Waals surface area contributed by atoms with E-state index in [1.807, 2.05) is 6.07 Å². The summed E-state index contributed by atoms with van der Waals surface area (Å²) >= 11 is 11.1. The molecule has 1 aromatic carbocycles. The van der Waals surface area contributed by atoms with Crippen molar-refractivity contribution in [1.82, 2.24) is 0 Å². The van der Waals surface area contributed by atoms with E-state index in [-0.39, 0.29) is 0 Å². The molecule has 72 valence electrons. The van der Waals surface area contributed by atoms with E-state index < -0.39 is 0 Å². The van der Waals surface area contributed by atoms with E-state index in [9.17, 15) is 0 Å². The molecule has 0 aromatic heterocycles. The zero-order valence-corrected chi connectivity index (χ0v) is 8.72. The number of halogens is 2. The van der Waals surface area contributed by atoms with Gasteiger partial charge in [0, 0.05) is 11.6 Å². The highest BCUT2D eigenvalue weighted by Gasteiger charge is 2.00. The Kier molecular flexibility index (Phi) is 4.31. The van der Waals surface area contributed by atoms with Gasteiger partial charge in [0.05, 0.1) is 10.6 Å². The van der Waals surface area contributed by atoms with E-state index in [1.54, 1.807) is 24.3 Å². The first-order chi connectivity index (χ1) is 6.77. The fourth-order valence-corrected chi connectivity index (χ4v) is 1.14. The van der Waals surface area contributed by atoms with E-state index in [0.29, 0.717) is 22.9 Å². The number of rotatable bonds is 3. The summed E-state index contributed by atoms with van der Waals surface area (Å²) < 4.78 is 5.26. The average molecular weight is 228 g/mol. The minimum atomic E-state index is 0.381. The Morgan fingerprint density at radius 1 is 1.50 bits per heavy atom. The van der Waals surface area contributed by atoms with Crippen molar-refractivity contribution < 1.29 is 4.74 Å². The van der Waals surface area contributed by atoms with Crippen molar-refractivity contribution in [2.24, 2.45) is 0 Å². The zero-order chi connectivity index (χ0) is 10.4. The van der Waals surface area contributed by atoms with Crippen molar-refractivity contribution >= 4 is 23.2 Å². The molecule has 2 nitrogen and oxygen atoms in total. The average Bonchev–Trinajstić information content (AvgIpc) is 2.18. The second-order valence-electron chi connectivity index (χ2n) is 2.43. The maximum Gasteiger partial charge on any atom is 0.121 e. The lowest BCUT2D eigenvalue weighted by atomic mass is 10.2. The summed E-state index contributed by atoms with van der Waals surface area (Å²) in [4.78, 5) is 0. The van der Waals surface area contributed by atoms with Gasteiger partial charge >= 0.3 is 0 Å². The third kappa shape index (κ3) is 2.95. The first-order valence-electron chi connectivity index (χ1n) is 3.85. The Bertz CT molecular complexity index is 382. The number of hydrogen-bond donors (Lipinski definition) is 0. The molecule has 0 N–H and O–H groups in total. The molecule has 0 saturated carbocycles. The van der Waals surface area contributed by atoms with Crippen LogP contribution in [0.2, 0.25) is 5.02 Å². The molecule has 0 saturated heterocycles. The number of nitrogens with zero attached hydrogens (tertiary/aromatic N) is 1. The van der Waals surface area contributed by atoms with Crippen LogP contribution < -0.4 is 4.74 Å². The van der Waals surface area contributed by atoms with Crippen LogP contribution >= 0.6 is 23.2 Å². The lowest BCUT2D eigenvalue weighted by Gasteiger charge is -2.03. The summed E-state index contributed by atoms with van der Waals surface area (Å²) in [7, 11) is 0. The van der Waals surface area contributed by atoms with Crippen molar-refractivity contribution in [2.45, 2.75) is 0 Å². The summed E-state index contributed by atoms with van der Waals surface area (Å²) in [6.45, 7) is 0.381. The van der Waals surface area contributed by atoms with Crippen molar-refractivity contribution in [3.8, 4) is 11.8 Å². The minimum Gasteiger partial charge on any atom is -0.489 e. The van der Waals surface area contributed by atoms with E-state index in [4.69, 9.17) is 33.2 Å². The van der Waals surface area contributed by atoms with Gasteiger partial charge in [0.1, 0.15) is 18.4 Å². The lowest BCUT2D eigenvalue weighted by Crippen LogP contribution is -1.93. The van der Waals surface area contributed by atoms with Crippen LogP contribution in [-0.2, 0) is 0 Å². The van der Waals surface area contributed by atoms with Crippen LogP contribution in [0.5, 0.6) is 5.75 Å². The highest BCUT2D eigenvalue weighted by molar-refractivity contribution is 6.31. The summed E-state index contributed by atoms with van der Waals surface area (Å²) in [5.74, 6) is 0.615. The molecule has 0 aliphatic rings. The van der Waals surface area contributed by atoms with Gasteiger partial charge in [-0.2, -0.15) is 5.26 Å². The largest absolute Gasteiger partial charge is 0.489 e. The molecular formula is C10H7Cl2NO. The maximum absolute atomic E-state index is 8.62. The molecule has 4 heteroatoms. The van der Waals surface area contributed by atoms with Crippen LogP contribution in [0.25, 0.3) is 0 Å². The third-order valence-corrected chi connectivity index (χ3v) is 1.99. The van der Waals surface area contributed by atoms with Gasteiger partial charge in [-0.1, -0.05) is 23.2 Å². The van der Waals surface area contributed by atoms with Gasteiger partial charge in [0.15, 0.2) is 0 Å².